The first-order valence-corrected chi connectivity index (χ1v) is 6.14. The van der Waals surface area contributed by atoms with Crippen molar-refractivity contribution in [3.8, 4) is 0 Å². The molecule has 1 saturated carbocycles. The molecule has 0 amide bonds. The van der Waals surface area contributed by atoms with Crippen LogP contribution < -0.4 is 0 Å². The Kier molecular flexibility index (Phi) is 2.10. The van der Waals surface area contributed by atoms with E-state index in [4.69, 9.17) is 0 Å². The number of aliphatic hydroxyl groups is 1. The Balaban J connectivity index is 1.81. The molecule has 0 aromatic carbocycles. The standard InChI is InChI=1S/C12H21NO/c1-13-9-4-5-12(13)11(7-14)10(6-9)8-2-3-8/h8-12,14H,2-7H2,1H3/t9?,10-,11+,12?/m0/s1. The highest BCUT2D eigenvalue weighted by Crippen LogP contribution is 2.50. The first kappa shape index (κ1) is 9.17. The highest BCUT2D eigenvalue weighted by atomic mass is 16.3. The lowest BCUT2D eigenvalue weighted by Crippen LogP contribution is -2.48. The quantitative estimate of drug-likeness (QED) is 0.721. The van der Waals surface area contributed by atoms with E-state index in [1.165, 1.54) is 32.1 Å². The van der Waals surface area contributed by atoms with Gasteiger partial charge in [-0.25, -0.2) is 0 Å². The Morgan fingerprint density at radius 3 is 2.64 bits per heavy atom. The van der Waals surface area contributed by atoms with E-state index >= 15 is 0 Å². The van der Waals surface area contributed by atoms with Crippen molar-refractivity contribution in [1.82, 2.24) is 4.90 Å². The number of nitrogens with zero attached hydrogens (tertiary/aromatic N) is 1. The molecule has 3 aliphatic rings. The Labute approximate surface area is 86.3 Å². The second-order valence-corrected chi connectivity index (χ2v) is 5.55. The fourth-order valence-corrected chi connectivity index (χ4v) is 3.94. The van der Waals surface area contributed by atoms with Crippen LogP contribution in [0.4, 0.5) is 0 Å². The van der Waals surface area contributed by atoms with Crippen molar-refractivity contribution in [2.75, 3.05) is 13.7 Å². The highest BCUT2D eigenvalue weighted by molar-refractivity contribution is 5.02. The molecule has 2 heterocycles. The molecule has 4 atom stereocenters. The number of rotatable bonds is 2. The van der Waals surface area contributed by atoms with Crippen molar-refractivity contribution in [2.45, 2.75) is 44.2 Å². The lowest BCUT2D eigenvalue weighted by Gasteiger charge is -2.42. The summed E-state index contributed by atoms with van der Waals surface area (Å²) in [5.74, 6) is 2.42. The topological polar surface area (TPSA) is 23.5 Å². The molecule has 0 spiro atoms. The van der Waals surface area contributed by atoms with E-state index < -0.39 is 0 Å². The monoisotopic (exact) mass is 195 g/mol. The largest absolute Gasteiger partial charge is 0.396 e. The molecule has 0 radical (unpaired) electrons. The van der Waals surface area contributed by atoms with Crippen LogP contribution in [-0.4, -0.2) is 35.7 Å². The van der Waals surface area contributed by atoms with Crippen molar-refractivity contribution < 1.29 is 5.11 Å². The molecule has 1 aliphatic carbocycles. The summed E-state index contributed by atoms with van der Waals surface area (Å²) in [6.07, 6.45) is 6.94. The summed E-state index contributed by atoms with van der Waals surface area (Å²) in [6.45, 7) is 0.420. The van der Waals surface area contributed by atoms with Gasteiger partial charge in [0.15, 0.2) is 0 Å². The molecule has 3 rings (SSSR count). The molecule has 2 heteroatoms. The Bertz CT molecular complexity index is 226. The molecule has 3 fully saturated rings. The van der Waals surface area contributed by atoms with Gasteiger partial charge in [0.25, 0.3) is 0 Å². The van der Waals surface area contributed by atoms with Crippen LogP contribution in [-0.2, 0) is 0 Å². The molecule has 80 valence electrons. The molecular weight excluding hydrogens is 174 g/mol. The van der Waals surface area contributed by atoms with Gasteiger partial charge in [-0.3, -0.25) is 0 Å². The number of hydrogen-bond donors (Lipinski definition) is 1. The molecule has 14 heavy (non-hydrogen) atoms. The third-order valence-electron chi connectivity index (χ3n) is 4.92. The third kappa shape index (κ3) is 1.24. The van der Waals surface area contributed by atoms with E-state index in [0.717, 1.165) is 17.9 Å². The third-order valence-corrected chi connectivity index (χ3v) is 4.92. The second kappa shape index (κ2) is 3.21. The van der Waals surface area contributed by atoms with Crippen LogP contribution in [0.5, 0.6) is 0 Å². The summed E-state index contributed by atoms with van der Waals surface area (Å²) < 4.78 is 0. The van der Waals surface area contributed by atoms with Crippen molar-refractivity contribution in [2.24, 2.45) is 17.8 Å². The summed E-state index contributed by atoms with van der Waals surface area (Å²) in [4.78, 5) is 2.54. The molecule has 0 aromatic rings. The zero-order valence-corrected chi connectivity index (χ0v) is 9.02. The van der Waals surface area contributed by atoms with E-state index in [1.54, 1.807) is 0 Å². The van der Waals surface area contributed by atoms with Crippen LogP contribution >= 0.6 is 0 Å². The Morgan fingerprint density at radius 2 is 2.00 bits per heavy atom. The zero-order valence-electron chi connectivity index (χ0n) is 9.02. The predicted octanol–water partition coefficient (Wildman–Crippen LogP) is 1.49. The van der Waals surface area contributed by atoms with Crippen molar-refractivity contribution in [3.63, 3.8) is 0 Å². The minimum atomic E-state index is 0.420. The lowest BCUT2D eigenvalue weighted by molar-refractivity contribution is 0.0219. The number of fused-ring (bicyclic) bond motifs is 2. The molecule has 2 bridgehead atoms. The minimum Gasteiger partial charge on any atom is -0.396 e. The summed E-state index contributed by atoms with van der Waals surface area (Å²) in [5.41, 5.74) is 0. The number of hydrogen-bond acceptors (Lipinski definition) is 2. The van der Waals surface area contributed by atoms with Gasteiger partial charge in [0.05, 0.1) is 0 Å². The van der Waals surface area contributed by atoms with E-state index in [9.17, 15) is 5.11 Å². The van der Waals surface area contributed by atoms with Crippen LogP contribution in [0.3, 0.4) is 0 Å². The van der Waals surface area contributed by atoms with Crippen molar-refractivity contribution >= 4 is 0 Å². The Hall–Kier alpha value is -0.0800. The van der Waals surface area contributed by atoms with Crippen LogP contribution in [0, 0.1) is 17.8 Å². The minimum absolute atomic E-state index is 0.420. The molecule has 2 saturated heterocycles. The van der Waals surface area contributed by atoms with Gasteiger partial charge in [0.1, 0.15) is 0 Å². The molecule has 2 unspecified atom stereocenters. The van der Waals surface area contributed by atoms with Crippen LogP contribution in [0.1, 0.15) is 32.1 Å². The molecule has 0 aromatic heterocycles. The average molecular weight is 195 g/mol. The van der Waals surface area contributed by atoms with Crippen molar-refractivity contribution in [3.05, 3.63) is 0 Å². The van der Waals surface area contributed by atoms with Crippen LogP contribution in [0.2, 0.25) is 0 Å². The average Bonchev–Trinajstić information content (AvgIpc) is 2.98. The summed E-state index contributed by atoms with van der Waals surface area (Å²) >= 11 is 0. The normalized spacial score (nSPS) is 48.4. The van der Waals surface area contributed by atoms with Gasteiger partial charge in [-0.15, -0.1) is 0 Å². The highest BCUT2D eigenvalue weighted by Gasteiger charge is 2.49. The van der Waals surface area contributed by atoms with Gasteiger partial charge in [-0.1, -0.05) is 0 Å². The zero-order chi connectivity index (χ0) is 9.71. The van der Waals surface area contributed by atoms with Crippen LogP contribution in [0.15, 0.2) is 0 Å². The maximum absolute atomic E-state index is 9.55. The van der Waals surface area contributed by atoms with Gasteiger partial charge >= 0.3 is 0 Å². The molecule has 2 aliphatic heterocycles. The SMILES string of the molecule is CN1C2CCC1[C@H](CO)[C@H](C1CC1)C2. The fraction of sp³-hybridized carbons (Fsp3) is 1.00. The first-order valence-electron chi connectivity index (χ1n) is 6.14. The maximum atomic E-state index is 9.55. The maximum Gasteiger partial charge on any atom is 0.0477 e. The van der Waals surface area contributed by atoms with E-state index in [1.807, 2.05) is 0 Å². The van der Waals surface area contributed by atoms with Crippen LogP contribution in [0.25, 0.3) is 0 Å². The molecular formula is C12H21NO. The molecule has 1 N–H and O–H groups in total. The smallest absolute Gasteiger partial charge is 0.0477 e. The van der Waals surface area contributed by atoms with Gasteiger partial charge in [-0.05, 0) is 51.0 Å². The van der Waals surface area contributed by atoms with Gasteiger partial charge in [0, 0.05) is 24.6 Å². The van der Waals surface area contributed by atoms with E-state index in [-0.39, 0.29) is 0 Å². The van der Waals surface area contributed by atoms with Gasteiger partial charge < -0.3 is 10.0 Å². The summed E-state index contributed by atoms with van der Waals surface area (Å²) in [5, 5.41) is 9.55. The van der Waals surface area contributed by atoms with Crippen molar-refractivity contribution in [1.29, 1.82) is 0 Å². The van der Waals surface area contributed by atoms with E-state index in [0.29, 0.717) is 18.6 Å². The number of aliphatic hydroxyl groups excluding tert-OH is 1. The fourth-order valence-electron chi connectivity index (χ4n) is 3.94. The Morgan fingerprint density at radius 1 is 1.21 bits per heavy atom. The summed E-state index contributed by atoms with van der Waals surface area (Å²) in [6, 6.07) is 1.54. The second-order valence-electron chi connectivity index (χ2n) is 5.55. The number of piperidine rings is 1. The van der Waals surface area contributed by atoms with E-state index in [2.05, 4.69) is 11.9 Å². The predicted molar refractivity (Wildman–Crippen MR) is 56.0 cm³/mol. The van der Waals surface area contributed by atoms with Gasteiger partial charge in [0.2, 0.25) is 0 Å². The van der Waals surface area contributed by atoms with Gasteiger partial charge in [-0.2, -0.15) is 0 Å². The summed E-state index contributed by atoms with van der Waals surface area (Å²) in [7, 11) is 2.26. The lowest BCUT2D eigenvalue weighted by atomic mass is 9.78. The first-order chi connectivity index (χ1) is 6.81. The molecule has 2 nitrogen and oxygen atoms in total.